The second-order valence-electron chi connectivity index (χ2n) is 4.29. The van der Waals surface area contributed by atoms with E-state index in [-0.39, 0.29) is 18.7 Å². The number of thioether (sulfide) groups is 1. The third kappa shape index (κ3) is 5.08. The van der Waals surface area contributed by atoms with Gasteiger partial charge < -0.3 is 15.7 Å². The number of urea groups is 1. The Labute approximate surface area is 120 Å². The van der Waals surface area contributed by atoms with Gasteiger partial charge in [0.2, 0.25) is 11.8 Å². The van der Waals surface area contributed by atoms with Crippen LogP contribution >= 0.6 is 11.8 Å². The number of carbonyl (C=O) groups excluding carboxylic acids is 3. The van der Waals surface area contributed by atoms with Gasteiger partial charge in [-0.1, -0.05) is 0 Å². The van der Waals surface area contributed by atoms with Crippen LogP contribution in [0.4, 0.5) is 4.79 Å². The summed E-state index contributed by atoms with van der Waals surface area (Å²) < 4.78 is 0. The van der Waals surface area contributed by atoms with Crippen LogP contribution in [0.5, 0.6) is 0 Å². The van der Waals surface area contributed by atoms with Gasteiger partial charge >= 0.3 is 12.0 Å². The molecule has 4 N–H and O–H groups in total. The van der Waals surface area contributed by atoms with Crippen LogP contribution in [0.2, 0.25) is 0 Å². The van der Waals surface area contributed by atoms with Gasteiger partial charge in [0.1, 0.15) is 12.1 Å². The Morgan fingerprint density at radius 2 is 2.20 bits per heavy atom. The summed E-state index contributed by atoms with van der Waals surface area (Å²) in [5.74, 6) is -1.49. The van der Waals surface area contributed by atoms with Gasteiger partial charge in [-0.15, -0.1) is 0 Å². The molecule has 0 saturated carbocycles. The van der Waals surface area contributed by atoms with Crippen LogP contribution in [0.25, 0.3) is 0 Å². The molecule has 9 heteroatoms. The van der Waals surface area contributed by atoms with E-state index in [2.05, 4.69) is 16.0 Å². The smallest absolute Gasteiger partial charge is 0.326 e. The van der Waals surface area contributed by atoms with Gasteiger partial charge in [-0.3, -0.25) is 14.9 Å². The summed E-state index contributed by atoms with van der Waals surface area (Å²) >= 11 is 1.47. The minimum Gasteiger partial charge on any atom is -0.480 e. The van der Waals surface area contributed by atoms with Crippen molar-refractivity contribution in [2.24, 2.45) is 0 Å². The number of hydrogen-bond acceptors (Lipinski definition) is 5. The number of hydrogen-bond donors (Lipinski definition) is 4. The number of carboxylic acids is 1. The third-order valence-electron chi connectivity index (χ3n) is 2.76. The van der Waals surface area contributed by atoms with Crippen molar-refractivity contribution >= 4 is 35.6 Å². The summed E-state index contributed by atoms with van der Waals surface area (Å²) in [6, 6.07) is -2.55. The fraction of sp³-hybridized carbons (Fsp3) is 0.636. The molecule has 8 nitrogen and oxygen atoms in total. The van der Waals surface area contributed by atoms with Crippen molar-refractivity contribution in [2.75, 3.05) is 12.0 Å². The average Bonchev–Trinajstić information content (AvgIpc) is 2.37. The molecule has 112 valence electrons. The average molecular weight is 303 g/mol. The molecule has 2 unspecified atom stereocenters. The number of carbonyl (C=O) groups is 4. The van der Waals surface area contributed by atoms with Crippen LogP contribution in [-0.4, -0.2) is 53.0 Å². The molecule has 0 aromatic rings. The Bertz CT molecular complexity index is 415. The number of aliphatic carboxylic acids is 1. The van der Waals surface area contributed by atoms with E-state index in [0.717, 1.165) is 0 Å². The van der Waals surface area contributed by atoms with Crippen molar-refractivity contribution in [3.63, 3.8) is 0 Å². The highest BCUT2D eigenvalue weighted by Crippen LogP contribution is 2.05. The lowest BCUT2D eigenvalue weighted by Crippen LogP contribution is -2.56. The van der Waals surface area contributed by atoms with Crippen molar-refractivity contribution in [3.8, 4) is 0 Å². The van der Waals surface area contributed by atoms with E-state index in [0.29, 0.717) is 12.2 Å². The largest absolute Gasteiger partial charge is 0.480 e. The second kappa shape index (κ2) is 7.73. The monoisotopic (exact) mass is 303 g/mol. The summed E-state index contributed by atoms with van der Waals surface area (Å²) in [6.45, 7) is 0. The van der Waals surface area contributed by atoms with E-state index in [1.54, 1.807) is 0 Å². The van der Waals surface area contributed by atoms with Crippen LogP contribution in [0, 0.1) is 0 Å². The van der Waals surface area contributed by atoms with Crippen LogP contribution < -0.4 is 16.0 Å². The van der Waals surface area contributed by atoms with Gasteiger partial charge in [-0.25, -0.2) is 9.59 Å². The lowest BCUT2D eigenvalue weighted by Gasteiger charge is -2.23. The highest BCUT2D eigenvalue weighted by atomic mass is 32.2. The molecule has 1 saturated heterocycles. The maximum absolute atomic E-state index is 11.7. The zero-order chi connectivity index (χ0) is 15.1. The fourth-order valence-electron chi connectivity index (χ4n) is 1.68. The molecule has 1 fully saturated rings. The van der Waals surface area contributed by atoms with E-state index in [1.165, 1.54) is 11.8 Å². The molecule has 1 heterocycles. The molecule has 0 spiro atoms. The van der Waals surface area contributed by atoms with E-state index in [9.17, 15) is 19.2 Å². The molecule has 0 aliphatic carbocycles. The van der Waals surface area contributed by atoms with Crippen molar-refractivity contribution < 1.29 is 24.3 Å². The van der Waals surface area contributed by atoms with Crippen LogP contribution in [-0.2, 0) is 14.4 Å². The summed E-state index contributed by atoms with van der Waals surface area (Å²) in [5, 5.41) is 15.7. The zero-order valence-electron chi connectivity index (χ0n) is 11.0. The standard InChI is InChI=1S/C11H17N3O5S/c1-20-5-4-7(10(17)18)13-11(19)12-6-2-3-8(15)14-9(6)16/h6-7H,2-5H2,1H3,(H,17,18)(H2,12,13,19)(H,14,15,16). The van der Waals surface area contributed by atoms with Crippen LogP contribution in [0.3, 0.4) is 0 Å². The van der Waals surface area contributed by atoms with Crippen molar-refractivity contribution in [2.45, 2.75) is 31.3 Å². The highest BCUT2D eigenvalue weighted by molar-refractivity contribution is 7.98. The summed E-state index contributed by atoms with van der Waals surface area (Å²) in [4.78, 5) is 45.0. The first-order chi connectivity index (χ1) is 9.43. The maximum Gasteiger partial charge on any atom is 0.326 e. The summed E-state index contributed by atoms with van der Waals surface area (Å²) in [5.41, 5.74) is 0. The molecule has 20 heavy (non-hydrogen) atoms. The number of nitrogens with one attached hydrogen (secondary N) is 3. The summed E-state index contributed by atoms with van der Waals surface area (Å²) in [7, 11) is 0. The topological polar surface area (TPSA) is 125 Å². The van der Waals surface area contributed by atoms with Crippen LogP contribution in [0.1, 0.15) is 19.3 Å². The van der Waals surface area contributed by atoms with E-state index >= 15 is 0 Å². The number of rotatable bonds is 6. The zero-order valence-corrected chi connectivity index (χ0v) is 11.8. The fourth-order valence-corrected chi connectivity index (χ4v) is 2.15. The van der Waals surface area contributed by atoms with Crippen molar-refractivity contribution in [1.29, 1.82) is 0 Å². The number of amides is 4. The molecule has 1 rings (SSSR count). The molecule has 0 aromatic heterocycles. The van der Waals surface area contributed by atoms with E-state index in [1.807, 2.05) is 6.26 Å². The first-order valence-electron chi connectivity index (χ1n) is 6.06. The van der Waals surface area contributed by atoms with Crippen molar-refractivity contribution in [3.05, 3.63) is 0 Å². The molecule has 2 atom stereocenters. The Hall–Kier alpha value is -1.77. The van der Waals surface area contributed by atoms with Gasteiger partial charge in [-0.2, -0.15) is 11.8 Å². The SMILES string of the molecule is CSCCC(NC(=O)NC1CCC(=O)NC1=O)C(=O)O. The first-order valence-corrected chi connectivity index (χ1v) is 7.46. The summed E-state index contributed by atoms with van der Waals surface area (Å²) in [6.07, 6.45) is 2.48. The number of piperidine rings is 1. The quantitative estimate of drug-likeness (QED) is 0.481. The Morgan fingerprint density at radius 1 is 1.50 bits per heavy atom. The maximum atomic E-state index is 11.7. The molecule has 0 aromatic carbocycles. The van der Waals surface area contributed by atoms with Crippen LogP contribution in [0.15, 0.2) is 0 Å². The lowest BCUT2D eigenvalue weighted by atomic mass is 10.1. The Kier molecular flexibility index (Phi) is 6.29. The minimum absolute atomic E-state index is 0.144. The molecule has 4 amide bonds. The number of imide groups is 1. The van der Waals surface area contributed by atoms with E-state index in [4.69, 9.17) is 5.11 Å². The molecular weight excluding hydrogens is 286 g/mol. The molecule has 0 bridgehead atoms. The Balaban J connectivity index is 2.47. The molecule has 1 aliphatic heterocycles. The van der Waals surface area contributed by atoms with Gasteiger partial charge in [0.25, 0.3) is 0 Å². The third-order valence-corrected chi connectivity index (χ3v) is 3.40. The predicted octanol–water partition coefficient (Wildman–Crippen LogP) is -0.703. The van der Waals surface area contributed by atoms with Crippen molar-refractivity contribution in [1.82, 2.24) is 16.0 Å². The molecular formula is C11H17N3O5S. The van der Waals surface area contributed by atoms with Gasteiger partial charge in [0.05, 0.1) is 0 Å². The lowest BCUT2D eigenvalue weighted by molar-refractivity contribution is -0.139. The van der Waals surface area contributed by atoms with E-state index < -0.39 is 30.0 Å². The van der Waals surface area contributed by atoms with Gasteiger partial charge in [0, 0.05) is 6.42 Å². The molecule has 1 aliphatic rings. The number of carboxylic acid groups (broad SMARTS) is 1. The highest BCUT2D eigenvalue weighted by Gasteiger charge is 2.29. The van der Waals surface area contributed by atoms with Gasteiger partial charge in [-0.05, 0) is 24.9 Å². The normalized spacial score (nSPS) is 19.9. The van der Waals surface area contributed by atoms with Gasteiger partial charge in [0.15, 0.2) is 0 Å². The Morgan fingerprint density at radius 3 is 2.75 bits per heavy atom. The second-order valence-corrected chi connectivity index (χ2v) is 5.28. The molecule has 0 radical (unpaired) electrons. The minimum atomic E-state index is -1.13. The first kappa shape index (κ1) is 16.3. The predicted molar refractivity (Wildman–Crippen MR) is 72.3 cm³/mol.